The normalized spacial score (nSPS) is 25.4. The van der Waals surface area contributed by atoms with Gasteiger partial charge in [0.2, 0.25) is 0 Å². The summed E-state index contributed by atoms with van der Waals surface area (Å²) in [5.74, 6) is 5.39. The van der Waals surface area contributed by atoms with Crippen LogP contribution in [0.5, 0.6) is 0 Å². The van der Waals surface area contributed by atoms with Gasteiger partial charge in [-0.15, -0.1) is 0 Å². The first-order valence-electron chi connectivity index (χ1n) is 7.44. The lowest BCUT2D eigenvalue weighted by Gasteiger charge is -2.33. The second-order valence-electron chi connectivity index (χ2n) is 5.81. The number of anilines is 2. The van der Waals surface area contributed by atoms with E-state index in [9.17, 15) is 10.1 Å². The third kappa shape index (κ3) is 2.93. The van der Waals surface area contributed by atoms with Gasteiger partial charge in [0.15, 0.2) is 0 Å². The number of nitrogens with zero attached hydrogens (tertiary/aromatic N) is 2. The van der Waals surface area contributed by atoms with Crippen LogP contribution in [0.2, 0.25) is 0 Å². The minimum atomic E-state index is -0.395. The van der Waals surface area contributed by atoms with Crippen molar-refractivity contribution < 1.29 is 4.92 Å². The molecule has 1 aromatic rings. The first-order chi connectivity index (χ1) is 10.2. The Kier molecular flexibility index (Phi) is 3.94. The molecule has 0 aliphatic carbocycles. The molecule has 2 heterocycles. The Morgan fingerprint density at radius 2 is 2.00 bits per heavy atom. The van der Waals surface area contributed by atoms with Gasteiger partial charge in [-0.2, -0.15) is 0 Å². The van der Waals surface area contributed by atoms with Crippen LogP contribution >= 0.6 is 0 Å². The molecule has 2 saturated heterocycles. The quantitative estimate of drug-likeness (QED) is 0.445. The van der Waals surface area contributed by atoms with Crippen LogP contribution in [0.15, 0.2) is 18.2 Å². The molecule has 0 bridgehead atoms. The number of nitro groups is 1. The van der Waals surface area contributed by atoms with Crippen molar-refractivity contribution >= 4 is 17.1 Å². The predicted octanol–water partition coefficient (Wildman–Crippen LogP) is 1.92. The molecule has 4 N–H and O–H groups in total. The molecule has 0 radical (unpaired) electrons. The summed E-state index contributed by atoms with van der Waals surface area (Å²) < 4.78 is 0. The molecule has 3 rings (SSSR count). The van der Waals surface area contributed by atoms with Gasteiger partial charge in [-0.25, -0.2) is 0 Å². The zero-order valence-corrected chi connectivity index (χ0v) is 11.9. The lowest BCUT2D eigenvalue weighted by atomic mass is 9.99. The molecule has 0 spiro atoms. The van der Waals surface area contributed by atoms with Crippen molar-refractivity contribution in [3.05, 3.63) is 28.3 Å². The monoisotopic (exact) mass is 291 g/mol. The molecule has 0 aromatic heterocycles. The third-order valence-corrected chi connectivity index (χ3v) is 4.50. The highest BCUT2D eigenvalue weighted by molar-refractivity contribution is 5.63. The van der Waals surface area contributed by atoms with Gasteiger partial charge in [-0.1, -0.05) is 6.42 Å². The third-order valence-electron chi connectivity index (χ3n) is 4.50. The second kappa shape index (κ2) is 5.87. The lowest BCUT2D eigenvalue weighted by Crippen LogP contribution is -2.41. The summed E-state index contributed by atoms with van der Waals surface area (Å²) in [5, 5.41) is 14.5. The zero-order valence-electron chi connectivity index (χ0n) is 11.9. The Labute approximate surface area is 123 Å². The van der Waals surface area contributed by atoms with Crippen molar-refractivity contribution in [1.29, 1.82) is 0 Å². The van der Waals surface area contributed by atoms with Gasteiger partial charge in [0.05, 0.1) is 10.6 Å². The van der Waals surface area contributed by atoms with Crippen LogP contribution in [-0.4, -0.2) is 35.0 Å². The van der Waals surface area contributed by atoms with Crippen LogP contribution in [0.1, 0.15) is 25.7 Å². The van der Waals surface area contributed by atoms with Gasteiger partial charge in [-0.05, 0) is 31.9 Å². The topological polar surface area (TPSA) is 96.5 Å². The van der Waals surface area contributed by atoms with Crippen LogP contribution in [0.25, 0.3) is 0 Å². The highest BCUT2D eigenvalue weighted by Gasteiger charge is 2.35. The van der Waals surface area contributed by atoms with Gasteiger partial charge in [-0.3, -0.25) is 20.9 Å². The molecule has 2 fully saturated rings. The van der Waals surface area contributed by atoms with E-state index in [1.165, 1.54) is 31.9 Å². The van der Waals surface area contributed by atoms with E-state index in [2.05, 4.69) is 15.6 Å². The Bertz CT molecular complexity index is 536. The summed E-state index contributed by atoms with van der Waals surface area (Å²) in [4.78, 5) is 13.1. The average molecular weight is 291 g/mol. The molecular weight excluding hydrogens is 270 g/mol. The van der Waals surface area contributed by atoms with Gasteiger partial charge < -0.3 is 10.7 Å². The number of benzene rings is 1. The van der Waals surface area contributed by atoms with E-state index in [1.807, 2.05) is 6.07 Å². The molecule has 114 valence electrons. The molecule has 2 atom stereocenters. The summed E-state index contributed by atoms with van der Waals surface area (Å²) in [7, 11) is 0. The molecule has 2 aliphatic heterocycles. The Morgan fingerprint density at radius 1 is 1.19 bits per heavy atom. The van der Waals surface area contributed by atoms with E-state index in [4.69, 9.17) is 5.84 Å². The number of hydrazine groups is 1. The largest absolute Gasteiger partial charge is 0.380 e. The Balaban J connectivity index is 1.78. The molecule has 7 heteroatoms. The van der Waals surface area contributed by atoms with Crippen LogP contribution in [0.4, 0.5) is 17.1 Å². The zero-order chi connectivity index (χ0) is 14.8. The SMILES string of the molecule is NNc1cc(NC2CCN3CCCCC23)cc([N+](=O)[O-])c1. The molecule has 1 aromatic carbocycles. The van der Waals surface area contributed by atoms with Crippen LogP contribution < -0.4 is 16.6 Å². The summed E-state index contributed by atoms with van der Waals surface area (Å²) in [6.07, 6.45) is 4.83. The summed E-state index contributed by atoms with van der Waals surface area (Å²) in [6.45, 7) is 2.28. The standard InChI is InChI=1S/C14H21N5O2/c15-17-11-7-10(8-12(9-11)19(20)21)16-13-4-6-18-5-2-1-3-14(13)18/h7-9,13-14,16-17H,1-6,15H2. The van der Waals surface area contributed by atoms with Crippen molar-refractivity contribution in [1.82, 2.24) is 4.90 Å². The van der Waals surface area contributed by atoms with Crippen molar-refractivity contribution in [3.8, 4) is 0 Å². The maximum Gasteiger partial charge on any atom is 0.273 e. The van der Waals surface area contributed by atoms with E-state index in [-0.39, 0.29) is 5.69 Å². The summed E-state index contributed by atoms with van der Waals surface area (Å²) >= 11 is 0. The molecule has 2 aliphatic rings. The molecule has 2 unspecified atom stereocenters. The van der Waals surface area contributed by atoms with E-state index in [0.29, 0.717) is 17.8 Å². The van der Waals surface area contributed by atoms with Crippen LogP contribution in [-0.2, 0) is 0 Å². The number of rotatable bonds is 4. The minimum absolute atomic E-state index is 0.0476. The first-order valence-corrected chi connectivity index (χ1v) is 7.44. The number of hydrogen-bond donors (Lipinski definition) is 3. The number of nitrogen functional groups attached to an aromatic ring is 1. The number of non-ortho nitro benzene ring substituents is 1. The molecule has 21 heavy (non-hydrogen) atoms. The molecule has 7 nitrogen and oxygen atoms in total. The second-order valence-corrected chi connectivity index (χ2v) is 5.81. The van der Waals surface area contributed by atoms with E-state index in [0.717, 1.165) is 18.7 Å². The molecule has 0 saturated carbocycles. The number of nitro benzene ring substituents is 1. The van der Waals surface area contributed by atoms with Crippen LogP contribution in [0.3, 0.4) is 0 Å². The van der Waals surface area contributed by atoms with E-state index >= 15 is 0 Å². The highest BCUT2D eigenvalue weighted by atomic mass is 16.6. The Morgan fingerprint density at radius 3 is 2.76 bits per heavy atom. The fraction of sp³-hybridized carbons (Fsp3) is 0.571. The number of piperidine rings is 1. The molecule has 0 amide bonds. The summed E-state index contributed by atoms with van der Waals surface area (Å²) in [6, 6.07) is 5.74. The fourth-order valence-electron chi connectivity index (χ4n) is 3.51. The number of nitrogens with one attached hydrogen (secondary N) is 2. The number of fused-ring (bicyclic) bond motifs is 1. The van der Waals surface area contributed by atoms with Gasteiger partial charge in [0.1, 0.15) is 0 Å². The van der Waals surface area contributed by atoms with Gasteiger partial charge >= 0.3 is 0 Å². The summed E-state index contributed by atoms with van der Waals surface area (Å²) in [5.41, 5.74) is 3.84. The molecular formula is C14H21N5O2. The first kappa shape index (κ1) is 14.1. The van der Waals surface area contributed by atoms with Crippen molar-refractivity contribution in [2.75, 3.05) is 23.8 Å². The van der Waals surface area contributed by atoms with E-state index < -0.39 is 4.92 Å². The predicted molar refractivity (Wildman–Crippen MR) is 82.1 cm³/mol. The van der Waals surface area contributed by atoms with Crippen LogP contribution in [0, 0.1) is 10.1 Å². The number of hydrogen-bond acceptors (Lipinski definition) is 6. The van der Waals surface area contributed by atoms with Gasteiger partial charge in [0.25, 0.3) is 5.69 Å². The Hall–Kier alpha value is -1.86. The highest BCUT2D eigenvalue weighted by Crippen LogP contribution is 2.31. The average Bonchev–Trinajstić information content (AvgIpc) is 2.90. The van der Waals surface area contributed by atoms with E-state index in [1.54, 1.807) is 6.07 Å². The van der Waals surface area contributed by atoms with Crippen molar-refractivity contribution in [2.45, 2.75) is 37.8 Å². The fourth-order valence-corrected chi connectivity index (χ4v) is 3.51. The van der Waals surface area contributed by atoms with Gasteiger partial charge in [0, 0.05) is 36.4 Å². The van der Waals surface area contributed by atoms with Crippen molar-refractivity contribution in [2.24, 2.45) is 5.84 Å². The maximum atomic E-state index is 11.0. The number of nitrogens with two attached hydrogens (primary N) is 1. The maximum absolute atomic E-state index is 11.0. The lowest BCUT2D eigenvalue weighted by molar-refractivity contribution is -0.384. The smallest absolute Gasteiger partial charge is 0.273 e. The minimum Gasteiger partial charge on any atom is -0.380 e. The van der Waals surface area contributed by atoms with Crippen molar-refractivity contribution in [3.63, 3.8) is 0 Å².